The Balaban J connectivity index is 1.46. The zero-order chi connectivity index (χ0) is 21.2. The van der Waals surface area contributed by atoms with Crippen molar-refractivity contribution >= 4 is 11.9 Å². The minimum Gasteiger partial charge on any atom is -0.343 e. The van der Waals surface area contributed by atoms with E-state index >= 15 is 0 Å². The fourth-order valence-corrected chi connectivity index (χ4v) is 4.53. The van der Waals surface area contributed by atoms with Crippen molar-refractivity contribution in [1.29, 1.82) is 5.26 Å². The van der Waals surface area contributed by atoms with Crippen molar-refractivity contribution in [2.75, 3.05) is 39.3 Å². The first-order valence-electron chi connectivity index (χ1n) is 11.1. The molecule has 0 spiro atoms. The first-order valence-corrected chi connectivity index (χ1v) is 11.1. The summed E-state index contributed by atoms with van der Waals surface area (Å²) in [5.74, 6) is -0.0983. The highest BCUT2D eigenvalue weighted by Gasteiger charge is 2.30. The normalized spacial score (nSPS) is 19.0. The van der Waals surface area contributed by atoms with Gasteiger partial charge in [-0.1, -0.05) is 49.6 Å². The number of piperazine rings is 1. The zero-order valence-electron chi connectivity index (χ0n) is 17.7. The second-order valence-corrected chi connectivity index (χ2v) is 8.32. The number of hydrogen-bond donors (Lipinski definition) is 2. The van der Waals surface area contributed by atoms with E-state index in [4.69, 9.17) is 5.26 Å². The van der Waals surface area contributed by atoms with Crippen LogP contribution in [0.2, 0.25) is 0 Å². The summed E-state index contributed by atoms with van der Waals surface area (Å²) in [4.78, 5) is 29.5. The van der Waals surface area contributed by atoms with Gasteiger partial charge in [-0.15, -0.1) is 0 Å². The molecule has 1 saturated heterocycles. The molecule has 1 unspecified atom stereocenters. The number of hydrogen-bond acceptors (Lipinski definition) is 4. The molecule has 1 aromatic rings. The Hall–Kier alpha value is -2.59. The van der Waals surface area contributed by atoms with Gasteiger partial charge in [0.15, 0.2) is 0 Å². The second kappa shape index (κ2) is 11.6. The van der Waals surface area contributed by atoms with Crippen molar-refractivity contribution in [1.82, 2.24) is 20.4 Å². The Kier molecular flexibility index (Phi) is 8.52. The van der Waals surface area contributed by atoms with Gasteiger partial charge >= 0.3 is 6.03 Å². The number of rotatable bonds is 7. The van der Waals surface area contributed by atoms with Crippen molar-refractivity contribution in [3.63, 3.8) is 0 Å². The van der Waals surface area contributed by atoms with E-state index in [0.717, 1.165) is 45.3 Å². The van der Waals surface area contributed by atoms with Crippen LogP contribution in [0.15, 0.2) is 30.3 Å². The Labute approximate surface area is 179 Å². The maximum atomic E-state index is 12.7. The molecule has 1 heterocycles. The highest BCUT2D eigenvalue weighted by molar-refractivity contribution is 5.81. The summed E-state index contributed by atoms with van der Waals surface area (Å²) in [6.07, 6.45) is 5.49. The quantitative estimate of drug-likeness (QED) is 0.674. The van der Waals surface area contributed by atoms with Gasteiger partial charge in [-0.3, -0.25) is 9.69 Å². The Morgan fingerprint density at radius 3 is 2.40 bits per heavy atom. The molecule has 30 heavy (non-hydrogen) atoms. The molecule has 1 atom stereocenters. The number of carbonyl (C=O) groups is 2. The smallest absolute Gasteiger partial charge is 0.317 e. The van der Waals surface area contributed by atoms with Crippen molar-refractivity contribution < 1.29 is 9.59 Å². The number of nitrogens with one attached hydrogen (secondary N) is 2. The van der Waals surface area contributed by atoms with Crippen LogP contribution >= 0.6 is 0 Å². The topological polar surface area (TPSA) is 88.5 Å². The van der Waals surface area contributed by atoms with Crippen LogP contribution in [0.3, 0.4) is 0 Å². The molecule has 7 nitrogen and oxygen atoms in total. The third-order valence-corrected chi connectivity index (χ3v) is 6.28. The monoisotopic (exact) mass is 411 g/mol. The number of urea groups is 1. The average molecular weight is 412 g/mol. The number of benzene rings is 1. The Morgan fingerprint density at radius 1 is 1.03 bits per heavy atom. The van der Waals surface area contributed by atoms with Gasteiger partial charge in [0, 0.05) is 39.3 Å². The third kappa shape index (κ3) is 6.46. The molecule has 2 N–H and O–H groups in total. The summed E-state index contributed by atoms with van der Waals surface area (Å²) < 4.78 is 0. The molecule has 2 aliphatic rings. The Morgan fingerprint density at radius 2 is 1.73 bits per heavy atom. The van der Waals surface area contributed by atoms with E-state index in [1.54, 1.807) is 0 Å². The van der Waals surface area contributed by atoms with E-state index in [0.29, 0.717) is 19.6 Å². The molecular formula is C23H33N5O2. The minimum absolute atomic E-state index is 0.0133. The fourth-order valence-electron chi connectivity index (χ4n) is 4.53. The van der Waals surface area contributed by atoms with Gasteiger partial charge in [-0.25, -0.2) is 4.79 Å². The van der Waals surface area contributed by atoms with E-state index in [2.05, 4.69) is 39.8 Å². The van der Waals surface area contributed by atoms with Crippen LogP contribution in [-0.2, 0) is 11.3 Å². The average Bonchev–Trinajstić information content (AvgIpc) is 2.79. The van der Waals surface area contributed by atoms with Crippen LogP contribution in [0.1, 0.15) is 37.7 Å². The predicted octanol–water partition coefficient (Wildman–Crippen LogP) is 2.35. The third-order valence-electron chi connectivity index (χ3n) is 6.28. The number of nitriles is 1. The molecule has 1 aliphatic carbocycles. The number of amides is 3. The highest BCUT2D eigenvalue weighted by Crippen LogP contribution is 2.30. The molecule has 3 rings (SSSR count). The molecule has 1 saturated carbocycles. The zero-order valence-corrected chi connectivity index (χ0v) is 17.7. The van der Waals surface area contributed by atoms with Crippen molar-refractivity contribution in [3.8, 4) is 6.07 Å². The highest BCUT2D eigenvalue weighted by atomic mass is 16.2. The van der Waals surface area contributed by atoms with E-state index in [-0.39, 0.29) is 30.3 Å². The van der Waals surface area contributed by atoms with Crippen LogP contribution in [-0.4, -0.2) is 61.0 Å². The second-order valence-electron chi connectivity index (χ2n) is 8.32. The van der Waals surface area contributed by atoms with Gasteiger partial charge in [0.05, 0.1) is 12.0 Å². The van der Waals surface area contributed by atoms with Crippen LogP contribution in [0, 0.1) is 23.2 Å². The number of carbonyl (C=O) groups excluding carboxylic acids is 2. The molecule has 1 aliphatic heterocycles. The first-order chi connectivity index (χ1) is 14.7. The van der Waals surface area contributed by atoms with E-state index in [9.17, 15) is 9.59 Å². The van der Waals surface area contributed by atoms with Gasteiger partial charge in [0.2, 0.25) is 5.91 Å². The molecule has 0 radical (unpaired) electrons. The van der Waals surface area contributed by atoms with Gasteiger partial charge < -0.3 is 15.5 Å². The summed E-state index contributed by atoms with van der Waals surface area (Å²) in [6, 6.07) is 12.2. The van der Waals surface area contributed by atoms with Crippen LogP contribution in [0.4, 0.5) is 4.79 Å². The molecule has 0 aromatic heterocycles. The lowest BCUT2D eigenvalue weighted by atomic mass is 9.79. The molecule has 0 bridgehead atoms. The largest absolute Gasteiger partial charge is 0.343 e. The lowest BCUT2D eigenvalue weighted by molar-refractivity contribution is -0.126. The lowest BCUT2D eigenvalue weighted by Crippen LogP contribution is -2.53. The van der Waals surface area contributed by atoms with Crippen LogP contribution in [0.5, 0.6) is 0 Å². The van der Waals surface area contributed by atoms with Gasteiger partial charge in [-0.2, -0.15) is 5.26 Å². The summed E-state index contributed by atoms with van der Waals surface area (Å²) in [6.45, 7) is 4.32. The Bertz CT molecular complexity index is 719. The van der Waals surface area contributed by atoms with Crippen LogP contribution < -0.4 is 10.6 Å². The molecule has 1 aromatic carbocycles. The SMILES string of the molecule is N#CCNC(=O)C(CNC(=O)N1CCN(Cc2ccccc2)CC1)C1CCCCC1. The van der Waals surface area contributed by atoms with Crippen molar-refractivity contribution in [2.24, 2.45) is 11.8 Å². The van der Waals surface area contributed by atoms with Gasteiger partial charge in [0.25, 0.3) is 0 Å². The van der Waals surface area contributed by atoms with Gasteiger partial charge in [0.1, 0.15) is 6.54 Å². The van der Waals surface area contributed by atoms with Crippen molar-refractivity contribution in [3.05, 3.63) is 35.9 Å². The van der Waals surface area contributed by atoms with Gasteiger partial charge in [-0.05, 0) is 24.3 Å². The summed E-state index contributed by atoms with van der Waals surface area (Å²) in [5.41, 5.74) is 1.29. The summed E-state index contributed by atoms with van der Waals surface area (Å²) >= 11 is 0. The van der Waals surface area contributed by atoms with Crippen LogP contribution in [0.25, 0.3) is 0 Å². The van der Waals surface area contributed by atoms with E-state index in [1.165, 1.54) is 12.0 Å². The maximum Gasteiger partial charge on any atom is 0.317 e. The molecule has 7 heteroatoms. The standard InChI is InChI=1S/C23H33N5O2/c24-11-12-25-22(29)21(20-9-5-2-6-10-20)17-26-23(30)28-15-13-27(14-16-28)18-19-7-3-1-4-8-19/h1,3-4,7-8,20-21H,2,5-6,9-10,12-18H2,(H,25,29)(H,26,30). The molecular weight excluding hydrogens is 378 g/mol. The summed E-state index contributed by atoms with van der Waals surface area (Å²) in [7, 11) is 0. The number of nitrogens with zero attached hydrogens (tertiary/aromatic N) is 3. The minimum atomic E-state index is -0.262. The first kappa shape index (κ1) is 22.1. The van der Waals surface area contributed by atoms with E-state index < -0.39 is 0 Å². The molecule has 2 fully saturated rings. The van der Waals surface area contributed by atoms with Crippen molar-refractivity contribution in [2.45, 2.75) is 38.6 Å². The maximum absolute atomic E-state index is 12.7. The predicted molar refractivity (Wildman–Crippen MR) is 115 cm³/mol. The molecule has 3 amide bonds. The lowest BCUT2D eigenvalue weighted by Gasteiger charge is -2.35. The summed E-state index contributed by atoms with van der Waals surface area (Å²) in [5, 5.41) is 14.5. The van der Waals surface area contributed by atoms with E-state index in [1.807, 2.05) is 17.0 Å². The fraction of sp³-hybridized carbons (Fsp3) is 0.609. The molecule has 162 valence electrons.